The number of amides is 1. The number of rotatable bonds is 37. The molecule has 0 rings (SSSR count). The smallest absolute Gasteiger partial charge is 0.339 e. The van der Waals surface area contributed by atoms with Crippen LogP contribution in [0.3, 0.4) is 0 Å². The topological polar surface area (TPSA) is 55.8 Å². The highest BCUT2D eigenvalue weighted by Crippen LogP contribution is 2.16. The molecule has 268 valence electrons. The first-order valence-corrected chi connectivity index (χ1v) is 20.2. The van der Waals surface area contributed by atoms with E-state index in [0.717, 1.165) is 25.9 Å². The van der Waals surface area contributed by atoms with Crippen LogP contribution in [0.25, 0.3) is 0 Å². The van der Waals surface area contributed by atoms with Crippen LogP contribution in [0.4, 0.5) is 0 Å². The summed E-state index contributed by atoms with van der Waals surface area (Å²) in [5.74, 6) is -0.594. The van der Waals surface area contributed by atoms with Crippen LogP contribution in [0.2, 0.25) is 0 Å². The summed E-state index contributed by atoms with van der Waals surface area (Å²) in [7, 11) is 0. The Morgan fingerprint density at radius 1 is 0.400 bits per heavy atom. The van der Waals surface area contributed by atoms with E-state index in [1.165, 1.54) is 200 Å². The van der Waals surface area contributed by atoms with Crippen molar-refractivity contribution in [3.05, 3.63) is 0 Å². The van der Waals surface area contributed by atoms with E-state index in [0.29, 0.717) is 0 Å². The molecule has 0 radical (unpaired) electrons. The molecule has 0 aliphatic rings. The number of carbonyl (C=O) groups is 2. The van der Waals surface area contributed by atoms with E-state index in [4.69, 9.17) is 4.89 Å². The van der Waals surface area contributed by atoms with Gasteiger partial charge < -0.3 is 4.90 Å². The summed E-state index contributed by atoms with van der Waals surface area (Å²) in [6.07, 6.45) is 43.1. The van der Waals surface area contributed by atoms with Crippen LogP contribution in [0.5, 0.6) is 0 Å². The average molecular weight is 638 g/mol. The molecule has 0 heterocycles. The SMILES string of the molecule is CCCCCCCCCCCCCCCCCCN(CCCCCCCCCCCCCCCCCC)C(=O)COOC(C)=O. The largest absolute Gasteiger partial charge is 0.341 e. The van der Waals surface area contributed by atoms with Crippen LogP contribution < -0.4 is 0 Å². The minimum absolute atomic E-state index is 0.0711. The van der Waals surface area contributed by atoms with Gasteiger partial charge in [-0.2, -0.15) is 4.89 Å². The van der Waals surface area contributed by atoms with Gasteiger partial charge in [0.15, 0.2) is 6.61 Å². The lowest BCUT2D eigenvalue weighted by Crippen LogP contribution is -2.36. The van der Waals surface area contributed by atoms with Gasteiger partial charge in [0.05, 0.1) is 0 Å². The Kier molecular flexibility index (Phi) is 36.4. The Hall–Kier alpha value is -1.10. The second-order valence-corrected chi connectivity index (χ2v) is 13.8. The van der Waals surface area contributed by atoms with Gasteiger partial charge in [-0.15, -0.1) is 0 Å². The Bertz CT molecular complexity index is 575. The molecule has 45 heavy (non-hydrogen) atoms. The first kappa shape index (κ1) is 43.9. The average Bonchev–Trinajstić information content (AvgIpc) is 3.03. The maximum atomic E-state index is 12.7. The van der Waals surface area contributed by atoms with Crippen molar-refractivity contribution in [2.45, 2.75) is 226 Å². The molecular formula is C40H79NO4. The summed E-state index contributed by atoms with van der Waals surface area (Å²) < 4.78 is 0. The normalized spacial score (nSPS) is 11.3. The van der Waals surface area contributed by atoms with E-state index in [1.54, 1.807) is 0 Å². The van der Waals surface area contributed by atoms with E-state index in [9.17, 15) is 9.59 Å². The van der Waals surface area contributed by atoms with Crippen molar-refractivity contribution in [1.29, 1.82) is 0 Å². The van der Waals surface area contributed by atoms with Gasteiger partial charge in [0.2, 0.25) is 0 Å². The van der Waals surface area contributed by atoms with Gasteiger partial charge in [0, 0.05) is 20.0 Å². The van der Waals surface area contributed by atoms with E-state index < -0.39 is 5.97 Å². The summed E-state index contributed by atoms with van der Waals surface area (Å²) in [5.41, 5.74) is 0. The summed E-state index contributed by atoms with van der Waals surface area (Å²) in [5, 5.41) is 0. The first-order chi connectivity index (χ1) is 22.1. The number of carbonyl (C=O) groups excluding carboxylic acids is 2. The Morgan fingerprint density at radius 2 is 0.644 bits per heavy atom. The molecule has 0 aromatic heterocycles. The van der Waals surface area contributed by atoms with Crippen molar-refractivity contribution in [1.82, 2.24) is 4.90 Å². The monoisotopic (exact) mass is 638 g/mol. The lowest BCUT2D eigenvalue weighted by molar-refractivity contribution is -0.267. The van der Waals surface area contributed by atoms with Gasteiger partial charge in [0.1, 0.15) is 0 Å². The lowest BCUT2D eigenvalue weighted by Gasteiger charge is -2.22. The van der Waals surface area contributed by atoms with E-state index in [-0.39, 0.29) is 12.5 Å². The second-order valence-electron chi connectivity index (χ2n) is 13.8. The maximum Gasteiger partial charge on any atom is 0.339 e. The minimum atomic E-state index is -0.523. The summed E-state index contributed by atoms with van der Waals surface area (Å²) >= 11 is 0. The van der Waals surface area contributed by atoms with Gasteiger partial charge >= 0.3 is 5.97 Å². The van der Waals surface area contributed by atoms with Crippen molar-refractivity contribution in [3.63, 3.8) is 0 Å². The highest BCUT2D eigenvalue weighted by Gasteiger charge is 2.14. The molecular weight excluding hydrogens is 558 g/mol. The molecule has 0 saturated carbocycles. The van der Waals surface area contributed by atoms with E-state index >= 15 is 0 Å². The molecule has 0 N–H and O–H groups in total. The van der Waals surface area contributed by atoms with Gasteiger partial charge in [-0.05, 0) is 12.8 Å². The van der Waals surface area contributed by atoms with Gasteiger partial charge in [0.25, 0.3) is 5.91 Å². The zero-order valence-corrected chi connectivity index (χ0v) is 30.8. The molecule has 1 amide bonds. The van der Waals surface area contributed by atoms with Crippen LogP contribution >= 0.6 is 0 Å². The van der Waals surface area contributed by atoms with Crippen LogP contribution in [0, 0.1) is 0 Å². The molecule has 0 saturated heterocycles. The third-order valence-corrected chi connectivity index (χ3v) is 9.27. The molecule has 0 aromatic carbocycles. The molecule has 0 aliphatic heterocycles. The zero-order chi connectivity index (χ0) is 32.9. The molecule has 0 bridgehead atoms. The van der Waals surface area contributed by atoms with Crippen LogP contribution in [0.1, 0.15) is 226 Å². The van der Waals surface area contributed by atoms with Gasteiger partial charge in [-0.3, -0.25) is 9.68 Å². The number of nitrogens with zero attached hydrogens (tertiary/aromatic N) is 1. The molecule has 0 spiro atoms. The van der Waals surface area contributed by atoms with Crippen LogP contribution in [-0.2, 0) is 19.4 Å². The van der Waals surface area contributed by atoms with Crippen LogP contribution in [-0.4, -0.2) is 36.5 Å². The number of hydrogen-bond donors (Lipinski definition) is 0. The number of hydrogen-bond acceptors (Lipinski definition) is 4. The van der Waals surface area contributed by atoms with Crippen molar-refractivity contribution in [2.75, 3.05) is 19.7 Å². The molecule has 0 aliphatic carbocycles. The standard InChI is InChI=1S/C40H79NO4/c1-4-6-8-10-12-14-16-18-20-22-24-26-28-30-32-34-36-41(40(43)38-44-45-39(3)42)37-35-33-31-29-27-25-23-21-19-17-15-13-11-9-7-5-2/h4-38H2,1-3H3. The fraction of sp³-hybridized carbons (Fsp3) is 0.950. The molecule has 0 atom stereocenters. The molecule has 5 heteroatoms. The Morgan fingerprint density at radius 3 is 0.889 bits per heavy atom. The Balaban J connectivity index is 3.82. The van der Waals surface area contributed by atoms with Crippen molar-refractivity contribution in [3.8, 4) is 0 Å². The maximum absolute atomic E-state index is 12.7. The summed E-state index contributed by atoms with van der Waals surface area (Å²) in [4.78, 5) is 35.1. The van der Waals surface area contributed by atoms with E-state index in [1.807, 2.05) is 4.90 Å². The molecule has 0 fully saturated rings. The highest BCUT2D eigenvalue weighted by molar-refractivity contribution is 5.77. The zero-order valence-electron chi connectivity index (χ0n) is 30.8. The first-order valence-electron chi connectivity index (χ1n) is 20.2. The summed E-state index contributed by atoms with van der Waals surface area (Å²) in [6.45, 7) is 7.23. The predicted molar refractivity (Wildman–Crippen MR) is 193 cm³/mol. The second kappa shape index (κ2) is 37.4. The van der Waals surface area contributed by atoms with Crippen molar-refractivity contribution < 1.29 is 19.4 Å². The lowest BCUT2D eigenvalue weighted by atomic mass is 10.0. The van der Waals surface area contributed by atoms with Crippen molar-refractivity contribution in [2.24, 2.45) is 0 Å². The van der Waals surface area contributed by atoms with Crippen LogP contribution in [0.15, 0.2) is 0 Å². The van der Waals surface area contributed by atoms with Gasteiger partial charge in [-0.1, -0.05) is 206 Å². The number of unbranched alkanes of at least 4 members (excludes halogenated alkanes) is 30. The quantitative estimate of drug-likeness (QED) is 0.0386. The Labute approximate surface area is 281 Å². The summed E-state index contributed by atoms with van der Waals surface area (Å²) in [6, 6.07) is 0. The molecule has 0 unspecified atom stereocenters. The third-order valence-electron chi connectivity index (χ3n) is 9.27. The molecule has 0 aromatic rings. The highest BCUT2D eigenvalue weighted by atomic mass is 17.2. The molecule has 5 nitrogen and oxygen atoms in total. The predicted octanol–water partition coefficient (Wildman–Crippen LogP) is 12.8. The van der Waals surface area contributed by atoms with Crippen molar-refractivity contribution >= 4 is 11.9 Å². The third kappa shape index (κ3) is 35.6. The van der Waals surface area contributed by atoms with E-state index in [2.05, 4.69) is 18.7 Å². The minimum Gasteiger partial charge on any atom is -0.341 e. The fourth-order valence-corrected chi connectivity index (χ4v) is 6.32. The fourth-order valence-electron chi connectivity index (χ4n) is 6.32. The van der Waals surface area contributed by atoms with Gasteiger partial charge in [-0.25, -0.2) is 4.79 Å².